The van der Waals surface area contributed by atoms with Gasteiger partial charge in [-0.25, -0.2) is 9.89 Å². The van der Waals surface area contributed by atoms with Crippen molar-refractivity contribution in [2.45, 2.75) is 30.6 Å². The molecular formula is C14H16N4O4S2. The molecule has 24 heavy (non-hydrogen) atoms. The first kappa shape index (κ1) is 16.9. The molecule has 2 amide bonds. The summed E-state index contributed by atoms with van der Waals surface area (Å²) in [6.07, 6.45) is 1.87. The molecule has 0 unspecified atom stereocenters. The summed E-state index contributed by atoms with van der Waals surface area (Å²) in [7, 11) is 0. The van der Waals surface area contributed by atoms with Gasteiger partial charge in [-0.15, -0.1) is 16.4 Å². The number of carbonyl (C=O) groups excluding carboxylic acids is 2. The smallest absolute Gasteiger partial charge is 0.344 e. The van der Waals surface area contributed by atoms with E-state index in [1.165, 1.54) is 15.9 Å². The first-order valence-electron chi connectivity index (χ1n) is 7.41. The molecule has 1 atom stereocenters. The maximum atomic E-state index is 11.9. The van der Waals surface area contributed by atoms with Crippen LogP contribution in [0.5, 0.6) is 0 Å². The number of carbonyl (C=O) groups is 2. The number of aromatic nitrogens is 3. The lowest BCUT2D eigenvalue weighted by Crippen LogP contribution is -2.31. The molecule has 0 saturated carbocycles. The Bertz CT molecular complexity index is 762. The lowest BCUT2D eigenvalue weighted by molar-refractivity contribution is -0.117. The van der Waals surface area contributed by atoms with E-state index in [-0.39, 0.29) is 17.5 Å². The highest BCUT2D eigenvalue weighted by Gasteiger charge is 2.20. The number of H-pyrrole nitrogens is 1. The van der Waals surface area contributed by atoms with Gasteiger partial charge in [-0.1, -0.05) is 17.8 Å². The number of hydrogen-bond acceptors (Lipinski definition) is 7. The minimum absolute atomic E-state index is 0.00566. The molecular weight excluding hydrogens is 352 g/mol. The molecule has 2 aromatic rings. The molecule has 0 aliphatic carbocycles. The van der Waals surface area contributed by atoms with Gasteiger partial charge in [-0.2, -0.15) is 0 Å². The zero-order valence-electron chi connectivity index (χ0n) is 12.7. The van der Waals surface area contributed by atoms with Gasteiger partial charge in [0.1, 0.15) is 0 Å². The average Bonchev–Trinajstić information content (AvgIpc) is 3.30. The number of imide groups is 1. The largest absolute Gasteiger partial charge is 0.376 e. The van der Waals surface area contributed by atoms with Crippen LogP contribution in [0.15, 0.2) is 27.5 Å². The van der Waals surface area contributed by atoms with Crippen LogP contribution >= 0.6 is 23.1 Å². The van der Waals surface area contributed by atoms with Crippen molar-refractivity contribution < 1.29 is 14.3 Å². The lowest BCUT2D eigenvalue weighted by Gasteiger charge is -2.10. The molecule has 1 saturated heterocycles. The molecule has 2 N–H and O–H groups in total. The normalized spacial score (nSPS) is 17.1. The fraction of sp³-hybridized carbons (Fsp3) is 0.429. The van der Waals surface area contributed by atoms with Crippen molar-refractivity contribution in [1.82, 2.24) is 20.1 Å². The molecule has 0 spiro atoms. The number of aromatic amines is 1. The van der Waals surface area contributed by atoms with E-state index in [4.69, 9.17) is 4.74 Å². The molecule has 10 heteroatoms. The van der Waals surface area contributed by atoms with Crippen LogP contribution < -0.4 is 11.0 Å². The van der Waals surface area contributed by atoms with Crippen molar-refractivity contribution in [3.05, 3.63) is 32.9 Å². The predicted molar refractivity (Wildman–Crippen MR) is 89.3 cm³/mol. The van der Waals surface area contributed by atoms with Crippen LogP contribution in [0.1, 0.15) is 22.5 Å². The second-order valence-corrected chi connectivity index (χ2v) is 7.09. The van der Waals surface area contributed by atoms with Crippen molar-refractivity contribution in [2.75, 3.05) is 12.4 Å². The van der Waals surface area contributed by atoms with E-state index in [0.717, 1.165) is 24.6 Å². The number of hydrogen-bond donors (Lipinski definition) is 2. The third-order valence-corrected chi connectivity index (χ3v) is 5.31. The van der Waals surface area contributed by atoms with Crippen molar-refractivity contribution in [1.29, 1.82) is 0 Å². The van der Waals surface area contributed by atoms with Crippen LogP contribution in [-0.4, -0.2) is 45.0 Å². The monoisotopic (exact) mass is 368 g/mol. The standard InChI is InChI=1S/C14H16N4O4S2/c19-11(15-12(20)10-4-2-6-23-10)8-24-14-17-16-13(21)18(14)7-9-3-1-5-22-9/h2,4,6,9H,1,3,5,7-8H2,(H,16,21)(H,15,19,20)/t9-/m1/s1. The van der Waals surface area contributed by atoms with Gasteiger partial charge in [0.05, 0.1) is 23.3 Å². The maximum Gasteiger partial charge on any atom is 0.344 e. The Morgan fingerprint density at radius 2 is 2.42 bits per heavy atom. The number of nitrogens with one attached hydrogen (secondary N) is 2. The van der Waals surface area contributed by atoms with Gasteiger partial charge in [0, 0.05) is 6.61 Å². The summed E-state index contributed by atoms with van der Waals surface area (Å²) in [6, 6.07) is 3.39. The Hall–Kier alpha value is -1.91. The van der Waals surface area contributed by atoms with E-state index < -0.39 is 11.8 Å². The Morgan fingerprint density at radius 3 is 3.12 bits per heavy atom. The highest BCUT2D eigenvalue weighted by Crippen LogP contribution is 2.18. The van der Waals surface area contributed by atoms with Crippen LogP contribution in [0.3, 0.4) is 0 Å². The van der Waals surface area contributed by atoms with Gasteiger partial charge in [-0.3, -0.25) is 19.5 Å². The van der Waals surface area contributed by atoms with Gasteiger partial charge in [-0.05, 0) is 24.3 Å². The average molecular weight is 368 g/mol. The van der Waals surface area contributed by atoms with E-state index in [1.807, 2.05) is 0 Å². The summed E-state index contributed by atoms with van der Waals surface area (Å²) in [5.74, 6) is -0.862. The van der Waals surface area contributed by atoms with Gasteiger partial charge in [0.2, 0.25) is 5.91 Å². The summed E-state index contributed by atoms with van der Waals surface area (Å²) in [6.45, 7) is 1.11. The molecule has 8 nitrogen and oxygen atoms in total. The molecule has 3 rings (SSSR count). The SMILES string of the molecule is O=C(CSc1n[nH]c(=O)n1C[C@H]1CCCO1)NC(=O)c1cccs1. The molecule has 0 bridgehead atoms. The zero-order valence-corrected chi connectivity index (χ0v) is 14.3. The summed E-state index contributed by atoms with van der Waals surface area (Å²) < 4.78 is 6.99. The molecule has 128 valence electrons. The van der Waals surface area contributed by atoms with Crippen LogP contribution in [0.2, 0.25) is 0 Å². The molecule has 1 aliphatic rings. The minimum atomic E-state index is -0.433. The van der Waals surface area contributed by atoms with E-state index in [0.29, 0.717) is 23.2 Å². The number of rotatable bonds is 6. The Morgan fingerprint density at radius 1 is 1.54 bits per heavy atom. The third-order valence-electron chi connectivity index (χ3n) is 3.46. The number of nitrogens with zero attached hydrogens (tertiary/aromatic N) is 2. The first-order valence-corrected chi connectivity index (χ1v) is 9.27. The molecule has 3 heterocycles. The molecule has 1 fully saturated rings. The van der Waals surface area contributed by atoms with Crippen molar-refractivity contribution in [3.8, 4) is 0 Å². The second kappa shape index (κ2) is 7.77. The molecule has 1 aliphatic heterocycles. The quantitative estimate of drug-likeness (QED) is 0.733. The van der Waals surface area contributed by atoms with Crippen molar-refractivity contribution >= 4 is 34.9 Å². The molecule has 0 aromatic carbocycles. The third kappa shape index (κ3) is 4.13. The highest BCUT2D eigenvalue weighted by molar-refractivity contribution is 7.99. The first-order chi connectivity index (χ1) is 11.6. The van der Waals surface area contributed by atoms with Crippen LogP contribution in [-0.2, 0) is 16.1 Å². The Kier molecular flexibility index (Phi) is 5.48. The number of thioether (sulfide) groups is 1. The second-order valence-electron chi connectivity index (χ2n) is 5.20. The van der Waals surface area contributed by atoms with Crippen LogP contribution in [0, 0.1) is 0 Å². The maximum absolute atomic E-state index is 11.9. The van der Waals surface area contributed by atoms with E-state index in [9.17, 15) is 14.4 Å². The minimum Gasteiger partial charge on any atom is -0.376 e. The number of thiophene rings is 1. The summed E-state index contributed by atoms with van der Waals surface area (Å²) in [5, 5.41) is 10.8. The topological polar surface area (TPSA) is 106 Å². The number of ether oxygens (including phenoxy) is 1. The van der Waals surface area contributed by atoms with E-state index >= 15 is 0 Å². The molecule has 2 aromatic heterocycles. The van der Waals surface area contributed by atoms with Crippen LogP contribution in [0.4, 0.5) is 0 Å². The van der Waals surface area contributed by atoms with Gasteiger partial charge >= 0.3 is 5.69 Å². The van der Waals surface area contributed by atoms with E-state index in [2.05, 4.69) is 15.5 Å². The zero-order chi connectivity index (χ0) is 16.9. The van der Waals surface area contributed by atoms with Gasteiger partial charge < -0.3 is 4.74 Å². The van der Waals surface area contributed by atoms with Crippen molar-refractivity contribution in [2.24, 2.45) is 0 Å². The predicted octanol–water partition coefficient (Wildman–Crippen LogP) is 0.861. The van der Waals surface area contributed by atoms with Gasteiger partial charge in [0.15, 0.2) is 5.16 Å². The fourth-order valence-electron chi connectivity index (χ4n) is 2.33. The fourth-order valence-corrected chi connectivity index (χ4v) is 3.70. The van der Waals surface area contributed by atoms with Crippen LogP contribution in [0.25, 0.3) is 0 Å². The Balaban J connectivity index is 1.55. The van der Waals surface area contributed by atoms with Crippen molar-refractivity contribution in [3.63, 3.8) is 0 Å². The molecule has 0 radical (unpaired) electrons. The highest BCUT2D eigenvalue weighted by atomic mass is 32.2. The van der Waals surface area contributed by atoms with Gasteiger partial charge in [0.25, 0.3) is 5.91 Å². The summed E-state index contributed by atoms with van der Waals surface area (Å²) in [4.78, 5) is 36.0. The Labute approximate surface area is 145 Å². The summed E-state index contributed by atoms with van der Waals surface area (Å²) in [5.41, 5.74) is -0.330. The number of amides is 2. The van der Waals surface area contributed by atoms with E-state index in [1.54, 1.807) is 17.5 Å². The summed E-state index contributed by atoms with van der Waals surface area (Å²) >= 11 is 2.37. The lowest BCUT2D eigenvalue weighted by atomic mass is 10.2.